The molecule has 0 aromatic rings. The van der Waals surface area contributed by atoms with Crippen molar-refractivity contribution in [1.82, 2.24) is 4.90 Å². The van der Waals surface area contributed by atoms with Crippen LogP contribution >= 0.6 is 0 Å². The zero-order valence-electron chi connectivity index (χ0n) is 13.2. The van der Waals surface area contributed by atoms with E-state index in [2.05, 4.69) is 32.2 Å². The van der Waals surface area contributed by atoms with Gasteiger partial charge in [-0.1, -0.05) is 72.1 Å². The topological polar surface area (TPSA) is 3.24 Å². The zero-order valence-corrected chi connectivity index (χ0v) is 13.2. The summed E-state index contributed by atoms with van der Waals surface area (Å²) in [6.07, 6.45) is 15.0. The third-order valence-corrected chi connectivity index (χ3v) is 3.54. The molecular weight excluding hydrogens is 218 g/mol. The molecule has 0 heterocycles. The molecule has 0 aliphatic carbocycles. The van der Waals surface area contributed by atoms with Crippen LogP contribution in [0.4, 0.5) is 0 Å². The van der Waals surface area contributed by atoms with Crippen molar-refractivity contribution in [2.75, 3.05) is 13.1 Å². The van der Waals surface area contributed by atoms with Crippen LogP contribution in [-0.2, 0) is 0 Å². The van der Waals surface area contributed by atoms with Gasteiger partial charge in [-0.2, -0.15) is 0 Å². The lowest BCUT2D eigenvalue weighted by Crippen LogP contribution is -2.23. The van der Waals surface area contributed by atoms with E-state index in [1.54, 1.807) is 0 Å². The zero-order chi connectivity index (χ0) is 13.5. The van der Waals surface area contributed by atoms with Crippen molar-refractivity contribution in [3.05, 3.63) is 6.54 Å². The third kappa shape index (κ3) is 12.4. The smallest absolute Gasteiger partial charge is 0.0251 e. The second-order valence-electron chi connectivity index (χ2n) is 5.48. The molecule has 0 amide bonds. The Kier molecular flexibility index (Phi) is 15.0. The molecule has 1 heteroatoms. The van der Waals surface area contributed by atoms with Crippen LogP contribution < -0.4 is 0 Å². The van der Waals surface area contributed by atoms with Crippen LogP contribution in [0.15, 0.2) is 0 Å². The van der Waals surface area contributed by atoms with E-state index >= 15 is 0 Å². The van der Waals surface area contributed by atoms with Gasteiger partial charge in [0.25, 0.3) is 0 Å². The molecule has 0 rings (SSSR count). The summed E-state index contributed by atoms with van der Waals surface area (Å²) in [7, 11) is 0. The highest BCUT2D eigenvalue weighted by atomic mass is 15.1. The normalized spacial score (nSPS) is 11.3. The molecule has 1 radical (unpaired) electrons. The average Bonchev–Trinajstić information content (AvgIpc) is 2.38. The fourth-order valence-electron chi connectivity index (χ4n) is 2.27. The first kappa shape index (κ1) is 18.0. The highest BCUT2D eigenvalue weighted by molar-refractivity contribution is 4.69. The van der Waals surface area contributed by atoms with Gasteiger partial charge >= 0.3 is 0 Å². The van der Waals surface area contributed by atoms with Gasteiger partial charge in [-0.3, -0.25) is 4.90 Å². The van der Waals surface area contributed by atoms with E-state index in [0.29, 0.717) is 0 Å². The minimum absolute atomic E-state index is 1.28. The van der Waals surface area contributed by atoms with Crippen molar-refractivity contribution < 1.29 is 0 Å². The Morgan fingerprint density at radius 3 is 1.61 bits per heavy atom. The second kappa shape index (κ2) is 15.0. The number of hydrogen-bond donors (Lipinski definition) is 0. The first-order valence-electron chi connectivity index (χ1n) is 8.42. The van der Waals surface area contributed by atoms with E-state index in [1.807, 2.05) is 0 Å². The van der Waals surface area contributed by atoms with E-state index in [1.165, 1.54) is 83.7 Å². The number of rotatable bonds is 14. The molecule has 0 N–H and O–H groups in total. The summed E-state index contributed by atoms with van der Waals surface area (Å²) in [5.74, 6) is 0. The van der Waals surface area contributed by atoms with Gasteiger partial charge in [0.05, 0.1) is 0 Å². The van der Waals surface area contributed by atoms with Gasteiger partial charge in [0.1, 0.15) is 0 Å². The summed E-state index contributed by atoms with van der Waals surface area (Å²) < 4.78 is 0. The number of unbranched alkanes of at least 4 members (excludes halogenated alkanes) is 8. The van der Waals surface area contributed by atoms with Crippen LogP contribution in [0.5, 0.6) is 0 Å². The summed E-state index contributed by atoms with van der Waals surface area (Å²) in [6.45, 7) is 11.9. The quantitative estimate of drug-likeness (QED) is 0.354. The van der Waals surface area contributed by atoms with E-state index in [9.17, 15) is 0 Å². The molecule has 0 spiro atoms. The SMILES string of the molecule is CCCCCC[CH]N(CCCCC)CCCCC. The minimum Gasteiger partial charge on any atom is -0.299 e. The van der Waals surface area contributed by atoms with Gasteiger partial charge in [-0.15, -0.1) is 0 Å². The molecule has 109 valence electrons. The van der Waals surface area contributed by atoms with Crippen LogP contribution in [0.1, 0.15) is 91.4 Å². The second-order valence-corrected chi connectivity index (χ2v) is 5.48. The molecule has 0 saturated carbocycles. The molecule has 0 aliphatic heterocycles. The van der Waals surface area contributed by atoms with E-state index in [4.69, 9.17) is 0 Å². The molecule has 0 atom stereocenters. The van der Waals surface area contributed by atoms with Crippen molar-refractivity contribution in [1.29, 1.82) is 0 Å². The average molecular weight is 254 g/mol. The number of nitrogens with zero attached hydrogens (tertiary/aromatic N) is 1. The lowest BCUT2D eigenvalue weighted by Gasteiger charge is -2.21. The molecule has 0 bridgehead atoms. The van der Waals surface area contributed by atoms with Crippen LogP contribution in [-0.4, -0.2) is 18.0 Å². The summed E-state index contributed by atoms with van der Waals surface area (Å²) in [5, 5.41) is 0. The fraction of sp³-hybridized carbons (Fsp3) is 0.941. The Labute approximate surface area is 116 Å². The predicted molar refractivity (Wildman–Crippen MR) is 83.7 cm³/mol. The molecule has 0 unspecified atom stereocenters. The highest BCUT2D eigenvalue weighted by Crippen LogP contribution is 2.10. The predicted octanol–water partition coefficient (Wildman–Crippen LogP) is 5.80. The largest absolute Gasteiger partial charge is 0.299 e. The maximum absolute atomic E-state index is 2.59. The lowest BCUT2D eigenvalue weighted by atomic mass is 10.1. The fourth-order valence-corrected chi connectivity index (χ4v) is 2.27. The molecule has 0 aromatic carbocycles. The summed E-state index contributed by atoms with van der Waals surface area (Å²) in [5.41, 5.74) is 0. The Hall–Kier alpha value is -0.0400. The van der Waals surface area contributed by atoms with Crippen LogP contribution in [0, 0.1) is 6.54 Å². The maximum atomic E-state index is 2.59. The summed E-state index contributed by atoms with van der Waals surface area (Å²) in [6, 6.07) is 0. The van der Waals surface area contributed by atoms with Crippen LogP contribution in [0.2, 0.25) is 0 Å². The van der Waals surface area contributed by atoms with Crippen LogP contribution in [0.3, 0.4) is 0 Å². The van der Waals surface area contributed by atoms with Crippen molar-refractivity contribution in [3.8, 4) is 0 Å². The Balaban J connectivity index is 3.60. The first-order valence-corrected chi connectivity index (χ1v) is 8.42. The van der Waals surface area contributed by atoms with Crippen molar-refractivity contribution in [2.24, 2.45) is 0 Å². The highest BCUT2D eigenvalue weighted by Gasteiger charge is 2.04. The summed E-state index contributed by atoms with van der Waals surface area (Å²) in [4.78, 5) is 2.59. The number of hydrogen-bond acceptors (Lipinski definition) is 1. The van der Waals surface area contributed by atoms with Crippen molar-refractivity contribution in [2.45, 2.75) is 91.4 Å². The Morgan fingerprint density at radius 2 is 1.11 bits per heavy atom. The Bertz CT molecular complexity index is 135. The molecule has 0 aliphatic rings. The van der Waals surface area contributed by atoms with Gasteiger partial charge in [-0.25, -0.2) is 0 Å². The lowest BCUT2D eigenvalue weighted by molar-refractivity contribution is 0.305. The van der Waals surface area contributed by atoms with E-state index in [-0.39, 0.29) is 0 Å². The molecule has 1 nitrogen and oxygen atoms in total. The monoisotopic (exact) mass is 254 g/mol. The molecule has 0 aromatic heterocycles. The van der Waals surface area contributed by atoms with E-state index < -0.39 is 0 Å². The molecule has 0 fully saturated rings. The van der Waals surface area contributed by atoms with Gasteiger partial charge in [0.15, 0.2) is 0 Å². The standard InChI is InChI=1S/C17H36N/c1-4-7-10-11-14-17-18(15-12-8-5-2)16-13-9-6-3/h17H,4-16H2,1-3H3. The minimum atomic E-state index is 1.28. The van der Waals surface area contributed by atoms with Gasteiger partial charge in [-0.05, 0) is 32.4 Å². The van der Waals surface area contributed by atoms with Gasteiger partial charge in [0.2, 0.25) is 0 Å². The third-order valence-electron chi connectivity index (χ3n) is 3.54. The van der Waals surface area contributed by atoms with E-state index in [0.717, 1.165) is 0 Å². The molecule has 0 saturated heterocycles. The molecular formula is C17H36N. The molecule has 18 heavy (non-hydrogen) atoms. The van der Waals surface area contributed by atoms with Gasteiger partial charge < -0.3 is 0 Å². The van der Waals surface area contributed by atoms with Crippen molar-refractivity contribution >= 4 is 0 Å². The van der Waals surface area contributed by atoms with Crippen molar-refractivity contribution in [3.63, 3.8) is 0 Å². The summed E-state index contributed by atoms with van der Waals surface area (Å²) >= 11 is 0. The maximum Gasteiger partial charge on any atom is 0.0251 e. The van der Waals surface area contributed by atoms with Crippen LogP contribution in [0.25, 0.3) is 0 Å². The first-order chi connectivity index (χ1) is 8.85. The van der Waals surface area contributed by atoms with Gasteiger partial charge in [0, 0.05) is 6.54 Å². The Morgan fingerprint density at radius 1 is 0.611 bits per heavy atom.